The molecule has 3 aromatic rings. The monoisotopic (exact) mass is 311 g/mol. The first-order chi connectivity index (χ1) is 10.6. The molecule has 110 valence electrons. The molecule has 0 aliphatic carbocycles. The van der Waals surface area contributed by atoms with Crippen molar-refractivity contribution < 1.29 is 4.42 Å². The summed E-state index contributed by atoms with van der Waals surface area (Å²) in [6.45, 7) is 1.69. The highest BCUT2D eigenvalue weighted by Gasteiger charge is 2.10. The summed E-state index contributed by atoms with van der Waals surface area (Å²) in [6, 6.07) is 13.4. The minimum atomic E-state index is -0.450. The summed E-state index contributed by atoms with van der Waals surface area (Å²) in [5.41, 5.74) is 8.72. The Balaban J connectivity index is 2.26. The number of thiocarbonyl (C=S) groups is 1. The Labute approximate surface area is 131 Å². The molecule has 0 unspecified atom stereocenters. The zero-order valence-corrected chi connectivity index (χ0v) is 12.6. The fourth-order valence-corrected chi connectivity index (χ4v) is 2.37. The first-order valence-electron chi connectivity index (χ1n) is 6.62. The van der Waals surface area contributed by atoms with Crippen molar-refractivity contribution >= 4 is 44.8 Å². The van der Waals surface area contributed by atoms with Gasteiger partial charge >= 0.3 is 5.63 Å². The lowest BCUT2D eigenvalue weighted by molar-refractivity contribution is 0.559. The maximum absolute atomic E-state index is 12.1. The van der Waals surface area contributed by atoms with E-state index in [0.29, 0.717) is 16.9 Å². The lowest BCUT2D eigenvalue weighted by Crippen LogP contribution is -2.26. The summed E-state index contributed by atoms with van der Waals surface area (Å²) in [6.07, 6.45) is 0. The van der Waals surface area contributed by atoms with Gasteiger partial charge in [-0.3, -0.25) is 5.43 Å². The average Bonchev–Trinajstić information content (AvgIpc) is 2.51. The van der Waals surface area contributed by atoms with Crippen molar-refractivity contribution in [2.45, 2.75) is 6.92 Å². The maximum atomic E-state index is 12.1. The molecule has 22 heavy (non-hydrogen) atoms. The van der Waals surface area contributed by atoms with Gasteiger partial charge < -0.3 is 10.2 Å². The second-order valence-corrected chi connectivity index (χ2v) is 5.26. The topological polar surface area (TPSA) is 80.6 Å². The van der Waals surface area contributed by atoms with Gasteiger partial charge in [-0.2, -0.15) is 5.10 Å². The van der Waals surface area contributed by atoms with E-state index in [2.05, 4.69) is 10.5 Å². The Morgan fingerprint density at radius 3 is 2.77 bits per heavy atom. The van der Waals surface area contributed by atoms with Gasteiger partial charge in [0.1, 0.15) is 5.58 Å². The number of rotatable bonds is 2. The highest BCUT2D eigenvalue weighted by atomic mass is 32.1. The highest BCUT2D eigenvalue weighted by molar-refractivity contribution is 7.80. The molecule has 6 heteroatoms. The summed E-state index contributed by atoms with van der Waals surface area (Å²) in [5, 5.41) is 6.97. The van der Waals surface area contributed by atoms with E-state index in [0.717, 1.165) is 16.2 Å². The lowest BCUT2D eigenvalue weighted by atomic mass is 10.0. The minimum Gasteiger partial charge on any atom is -0.422 e. The molecule has 0 atom stereocenters. The van der Waals surface area contributed by atoms with Crippen molar-refractivity contribution in [3.63, 3.8) is 0 Å². The third-order valence-electron chi connectivity index (χ3n) is 3.37. The highest BCUT2D eigenvalue weighted by Crippen LogP contribution is 2.24. The molecule has 3 rings (SSSR count). The number of benzene rings is 2. The molecule has 2 aromatic carbocycles. The molecule has 3 N–H and O–H groups in total. The zero-order chi connectivity index (χ0) is 15.7. The van der Waals surface area contributed by atoms with Crippen LogP contribution < -0.4 is 16.8 Å². The number of nitrogens with zero attached hydrogens (tertiary/aromatic N) is 1. The van der Waals surface area contributed by atoms with Crippen molar-refractivity contribution in [3.8, 4) is 0 Å². The molecule has 0 amide bonds. The van der Waals surface area contributed by atoms with Gasteiger partial charge in [0.2, 0.25) is 0 Å². The Hall–Kier alpha value is -2.73. The first-order valence-corrected chi connectivity index (χ1v) is 7.03. The van der Waals surface area contributed by atoms with Crippen molar-refractivity contribution in [2.75, 3.05) is 0 Å². The van der Waals surface area contributed by atoms with Gasteiger partial charge in [0.25, 0.3) is 0 Å². The van der Waals surface area contributed by atoms with Crippen LogP contribution in [0.25, 0.3) is 21.7 Å². The van der Waals surface area contributed by atoms with Crippen LogP contribution >= 0.6 is 12.2 Å². The Bertz CT molecular complexity index is 976. The minimum absolute atomic E-state index is 0.0370. The van der Waals surface area contributed by atoms with E-state index >= 15 is 0 Å². The van der Waals surface area contributed by atoms with Gasteiger partial charge in [-0.1, -0.05) is 30.3 Å². The molecule has 0 saturated heterocycles. The van der Waals surface area contributed by atoms with Crippen molar-refractivity contribution in [1.29, 1.82) is 0 Å². The molecule has 0 radical (unpaired) electrons. The van der Waals surface area contributed by atoms with Crippen LogP contribution in [-0.4, -0.2) is 10.8 Å². The van der Waals surface area contributed by atoms with E-state index in [9.17, 15) is 4.79 Å². The fourth-order valence-electron chi connectivity index (χ4n) is 2.32. The molecule has 5 nitrogen and oxygen atoms in total. The van der Waals surface area contributed by atoms with Crippen LogP contribution in [0.3, 0.4) is 0 Å². The van der Waals surface area contributed by atoms with E-state index in [-0.39, 0.29) is 5.11 Å². The van der Waals surface area contributed by atoms with Crippen LogP contribution in [0, 0.1) is 0 Å². The van der Waals surface area contributed by atoms with Crippen LogP contribution in [0.1, 0.15) is 12.5 Å². The quantitative estimate of drug-likeness (QED) is 0.250. The molecule has 0 aliphatic rings. The maximum Gasteiger partial charge on any atom is 0.345 e. The fraction of sp³-hybridized carbons (Fsp3) is 0.0625. The molecule has 0 saturated carbocycles. The standard InChI is InChI=1S/C16H13N3O2S/c1-9(18-19-16(17)22)12-8-13-11-5-3-2-4-10(11)6-7-14(13)21-15(12)20/h2-8H,1H3,(H3,17,19,22). The van der Waals surface area contributed by atoms with Crippen molar-refractivity contribution in [3.05, 3.63) is 58.4 Å². The summed E-state index contributed by atoms with van der Waals surface area (Å²) in [7, 11) is 0. The third kappa shape index (κ3) is 2.56. The molecule has 0 spiro atoms. The van der Waals surface area contributed by atoms with Crippen molar-refractivity contribution in [1.82, 2.24) is 5.43 Å². The Kier molecular flexibility index (Phi) is 3.60. The van der Waals surface area contributed by atoms with Gasteiger partial charge in [0, 0.05) is 5.39 Å². The van der Waals surface area contributed by atoms with E-state index in [1.807, 2.05) is 30.3 Å². The first kappa shape index (κ1) is 14.2. The number of fused-ring (bicyclic) bond motifs is 3. The number of hydrogen-bond acceptors (Lipinski definition) is 4. The van der Waals surface area contributed by atoms with Crippen LogP contribution in [0.4, 0.5) is 0 Å². The van der Waals surface area contributed by atoms with Crippen LogP contribution in [0.15, 0.2) is 56.8 Å². The number of hydrazone groups is 1. The van der Waals surface area contributed by atoms with Gasteiger partial charge in [0.15, 0.2) is 5.11 Å². The Morgan fingerprint density at radius 2 is 2.00 bits per heavy atom. The third-order valence-corrected chi connectivity index (χ3v) is 3.46. The van der Waals surface area contributed by atoms with Gasteiger partial charge in [0.05, 0.1) is 11.3 Å². The molecule has 0 aliphatic heterocycles. The molecule has 0 bridgehead atoms. The largest absolute Gasteiger partial charge is 0.422 e. The summed E-state index contributed by atoms with van der Waals surface area (Å²) in [5.74, 6) is 0. The predicted octanol–water partition coefficient (Wildman–Crippen LogP) is 2.50. The van der Waals surface area contributed by atoms with E-state index in [1.165, 1.54) is 0 Å². The molecular formula is C16H13N3O2S. The van der Waals surface area contributed by atoms with E-state index in [4.69, 9.17) is 22.4 Å². The van der Waals surface area contributed by atoms with Gasteiger partial charge in [-0.15, -0.1) is 0 Å². The molecular weight excluding hydrogens is 298 g/mol. The second kappa shape index (κ2) is 5.57. The molecule has 1 heterocycles. The van der Waals surface area contributed by atoms with Gasteiger partial charge in [-0.25, -0.2) is 4.79 Å². The normalized spacial score (nSPS) is 11.8. The van der Waals surface area contributed by atoms with E-state index < -0.39 is 5.63 Å². The smallest absolute Gasteiger partial charge is 0.345 e. The number of nitrogens with two attached hydrogens (primary N) is 1. The average molecular weight is 311 g/mol. The Morgan fingerprint density at radius 1 is 1.23 bits per heavy atom. The SMILES string of the molecule is CC(=NNC(N)=S)c1cc2c(ccc3ccccc32)oc1=O. The van der Waals surface area contributed by atoms with Crippen molar-refractivity contribution in [2.24, 2.45) is 10.8 Å². The number of hydrogen-bond donors (Lipinski definition) is 2. The molecule has 1 aromatic heterocycles. The number of nitrogens with one attached hydrogen (secondary N) is 1. The van der Waals surface area contributed by atoms with Gasteiger partial charge in [-0.05, 0) is 42.0 Å². The van der Waals surface area contributed by atoms with Crippen LogP contribution in [0.2, 0.25) is 0 Å². The summed E-state index contributed by atoms with van der Waals surface area (Å²) >= 11 is 4.69. The second-order valence-electron chi connectivity index (χ2n) is 4.82. The van der Waals surface area contributed by atoms with E-state index in [1.54, 1.807) is 19.1 Å². The van der Waals surface area contributed by atoms with Crippen LogP contribution in [-0.2, 0) is 0 Å². The van der Waals surface area contributed by atoms with Crippen LogP contribution in [0.5, 0.6) is 0 Å². The summed E-state index contributed by atoms with van der Waals surface area (Å²) < 4.78 is 5.40. The predicted molar refractivity (Wildman–Crippen MR) is 92.1 cm³/mol. The lowest BCUT2D eigenvalue weighted by Gasteiger charge is -2.05. The molecule has 0 fully saturated rings. The summed E-state index contributed by atoms with van der Waals surface area (Å²) in [4.78, 5) is 12.1. The zero-order valence-electron chi connectivity index (χ0n) is 11.8.